The molecule has 1 aliphatic carbocycles. The van der Waals surface area contributed by atoms with Gasteiger partial charge in [-0.15, -0.1) is 11.3 Å². The van der Waals surface area contributed by atoms with Crippen LogP contribution in [0.4, 0.5) is 0 Å². The van der Waals surface area contributed by atoms with Gasteiger partial charge in [0.15, 0.2) is 0 Å². The van der Waals surface area contributed by atoms with Crippen LogP contribution >= 0.6 is 27.3 Å². The molecule has 0 aromatic carbocycles. The Morgan fingerprint density at radius 2 is 2.36 bits per heavy atom. The second-order valence-electron chi connectivity index (χ2n) is 3.45. The van der Waals surface area contributed by atoms with Gasteiger partial charge in [0.2, 0.25) is 5.13 Å². The van der Waals surface area contributed by atoms with Crippen LogP contribution in [-0.4, -0.2) is 14.8 Å². The Balaban J connectivity index is 1.95. The van der Waals surface area contributed by atoms with E-state index in [0.717, 1.165) is 15.7 Å². The van der Waals surface area contributed by atoms with Crippen LogP contribution in [0, 0.1) is 0 Å². The van der Waals surface area contributed by atoms with E-state index < -0.39 is 0 Å². The number of nitrogens with zero attached hydrogens (tertiary/aromatic N) is 3. The van der Waals surface area contributed by atoms with Crippen LogP contribution in [0.2, 0.25) is 0 Å². The van der Waals surface area contributed by atoms with E-state index in [2.05, 4.69) is 32.2 Å². The Hall–Kier alpha value is -0.680. The van der Waals surface area contributed by atoms with Crippen LogP contribution in [0.1, 0.15) is 24.3 Å². The van der Waals surface area contributed by atoms with E-state index >= 15 is 0 Å². The minimum Gasteiger partial charge on any atom is -0.213 e. The SMILES string of the molecule is Brc1csc(-n2cc(C3CC3)cn2)n1. The zero-order valence-electron chi connectivity index (χ0n) is 7.35. The summed E-state index contributed by atoms with van der Waals surface area (Å²) >= 11 is 4.93. The molecule has 0 N–H and O–H groups in total. The van der Waals surface area contributed by atoms with Gasteiger partial charge in [-0.05, 0) is 40.3 Å². The Morgan fingerprint density at radius 1 is 1.50 bits per heavy atom. The minimum absolute atomic E-state index is 0.757. The van der Waals surface area contributed by atoms with Gasteiger partial charge in [-0.2, -0.15) is 5.10 Å². The number of aromatic nitrogens is 3. The van der Waals surface area contributed by atoms with E-state index in [4.69, 9.17) is 0 Å². The standard InChI is InChI=1S/C9H8BrN3S/c10-8-5-14-9(12-8)13-4-7(3-11-13)6-1-2-6/h3-6H,1-2H2. The van der Waals surface area contributed by atoms with Gasteiger partial charge >= 0.3 is 0 Å². The molecule has 5 heteroatoms. The third-order valence-corrected chi connectivity index (χ3v) is 3.85. The molecule has 3 nitrogen and oxygen atoms in total. The first kappa shape index (κ1) is 8.61. The number of hydrogen-bond donors (Lipinski definition) is 0. The second-order valence-corrected chi connectivity index (χ2v) is 5.09. The summed E-state index contributed by atoms with van der Waals surface area (Å²) in [6.07, 6.45) is 6.66. The van der Waals surface area contributed by atoms with Crippen LogP contribution in [-0.2, 0) is 0 Å². The first-order chi connectivity index (χ1) is 6.83. The third kappa shape index (κ3) is 1.50. The van der Waals surface area contributed by atoms with Crippen LogP contribution in [0.5, 0.6) is 0 Å². The summed E-state index contributed by atoms with van der Waals surface area (Å²) in [4.78, 5) is 4.31. The zero-order chi connectivity index (χ0) is 9.54. The number of hydrogen-bond acceptors (Lipinski definition) is 3. The maximum Gasteiger partial charge on any atom is 0.211 e. The number of rotatable bonds is 2. The van der Waals surface area contributed by atoms with Crippen LogP contribution < -0.4 is 0 Å². The lowest BCUT2D eigenvalue weighted by atomic mass is 10.2. The lowest BCUT2D eigenvalue weighted by Gasteiger charge is -1.91. The molecular weight excluding hydrogens is 262 g/mol. The average molecular weight is 270 g/mol. The predicted molar refractivity (Wildman–Crippen MR) is 58.9 cm³/mol. The van der Waals surface area contributed by atoms with Crippen molar-refractivity contribution in [1.82, 2.24) is 14.8 Å². The molecule has 0 spiro atoms. The monoisotopic (exact) mass is 269 g/mol. The summed E-state index contributed by atoms with van der Waals surface area (Å²) in [5, 5.41) is 7.19. The fourth-order valence-corrected chi connectivity index (χ4v) is 2.60. The van der Waals surface area contributed by atoms with Crippen molar-refractivity contribution >= 4 is 27.3 Å². The molecule has 0 amide bonds. The first-order valence-electron chi connectivity index (χ1n) is 4.49. The first-order valence-corrected chi connectivity index (χ1v) is 6.16. The van der Waals surface area contributed by atoms with Crippen molar-refractivity contribution in [3.8, 4) is 5.13 Å². The molecule has 2 aromatic heterocycles. The fourth-order valence-electron chi connectivity index (χ4n) is 1.42. The van der Waals surface area contributed by atoms with Crippen molar-refractivity contribution < 1.29 is 0 Å². The van der Waals surface area contributed by atoms with E-state index in [-0.39, 0.29) is 0 Å². The Kier molecular flexibility index (Phi) is 1.95. The molecule has 3 rings (SSSR count). The maximum atomic E-state index is 4.31. The second kappa shape index (κ2) is 3.17. The molecule has 0 aliphatic heterocycles. The van der Waals surface area contributed by atoms with Gasteiger partial charge in [0.05, 0.1) is 6.20 Å². The molecule has 1 aliphatic rings. The predicted octanol–water partition coefficient (Wildman–Crippen LogP) is 2.97. The van der Waals surface area contributed by atoms with E-state index in [9.17, 15) is 0 Å². The Morgan fingerprint density at radius 3 is 3.00 bits per heavy atom. The largest absolute Gasteiger partial charge is 0.213 e. The molecule has 72 valence electrons. The molecule has 0 radical (unpaired) electrons. The van der Waals surface area contributed by atoms with Crippen molar-refractivity contribution in [3.05, 3.63) is 27.9 Å². The molecular formula is C9H8BrN3S. The van der Waals surface area contributed by atoms with E-state index in [0.29, 0.717) is 0 Å². The van der Waals surface area contributed by atoms with Gasteiger partial charge < -0.3 is 0 Å². The summed E-state index contributed by atoms with van der Waals surface area (Å²) in [5.74, 6) is 0.757. The summed E-state index contributed by atoms with van der Waals surface area (Å²) < 4.78 is 2.73. The van der Waals surface area contributed by atoms with Gasteiger partial charge in [-0.25, -0.2) is 9.67 Å². The van der Waals surface area contributed by atoms with Crippen LogP contribution in [0.3, 0.4) is 0 Å². The van der Waals surface area contributed by atoms with Crippen LogP contribution in [0.25, 0.3) is 5.13 Å². The van der Waals surface area contributed by atoms with Crippen molar-refractivity contribution in [1.29, 1.82) is 0 Å². The summed E-state index contributed by atoms with van der Waals surface area (Å²) in [7, 11) is 0. The molecule has 2 heterocycles. The molecule has 14 heavy (non-hydrogen) atoms. The molecule has 0 saturated heterocycles. The number of thiazole rings is 1. The average Bonchev–Trinajstić information content (AvgIpc) is 2.76. The Labute approximate surface area is 93.9 Å². The van der Waals surface area contributed by atoms with Crippen LogP contribution in [0.15, 0.2) is 22.4 Å². The summed E-state index contributed by atoms with van der Waals surface area (Å²) in [6, 6.07) is 0. The maximum absolute atomic E-state index is 4.31. The van der Waals surface area contributed by atoms with Gasteiger partial charge in [-0.3, -0.25) is 0 Å². The highest BCUT2D eigenvalue weighted by atomic mass is 79.9. The molecule has 1 saturated carbocycles. The smallest absolute Gasteiger partial charge is 0.211 e. The highest BCUT2D eigenvalue weighted by Gasteiger charge is 2.25. The molecule has 1 fully saturated rings. The highest BCUT2D eigenvalue weighted by Crippen LogP contribution is 2.39. The van der Waals surface area contributed by atoms with Crippen molar-refractivity contribution in [2.24, 2.45) is 0 Å². The van der Waals surface area contributed by atoms with Gasteiger partial charge in [0, 0.05) is 11.6 Å². The normalized spacial score (nSPS) is 16.1. The Bertz CT molecular complexity index is 458. The minimum atomic E-state index is 0.757. The summed E-state index contributed by atoms with van der Waals surface area (Å²) in [5.41, 5.74) is 1.34. The van der Waals surface area contributed by atoms with E-state index in [1.807, 2.05) is 16.3 Å². The van der Waals surface area contributed by atoms with Crippen molar-refractivity contribution in [3.63, 3.8) is 0 Å². The number of halogens is 1. The van der Waals surface area contributed by atoms with E-state index in [1.165, 1.54) is 18.4 Å². The topological polar surface area (TPSA) is 30.7 Å². The highest BCUT2D eigenvalue weighted by molar-refractivity contribution is 9.10. The lowest BCUT2D eigenvalue weighted by molar-refractivity contribution is 0.866. The quantitative estimate of drug-likeness (QED) is 0.840. The third-order valence-electron chi connectivity index (χ3n) is 2.31. The lowest BCUT2D eigenvalue weighted by Crippen LogP contribution is -1.92. The van der Waals surface area contributed by atoms with E-state index in [1.54, 1.807) is 11.3 Å². The molecule has 0 bridgehead atoms. The van der Waals surface area contributed by atoms with Gasteiger partial charge in [-0.1, -0.05) is 0 Å². The fraction of sp³-hybridized carbons (Fsp3) is 0.333. The van der Waals surface area contributed by atoms with Gasteiger partial charge in [0.25, 0.3) is 0 Å². The molecule has 0 unspecified atom stereocenters. The molecule has 0 atom stereocenters. The van der Waals surface area contributed by atoms with Crippen molar-refractivity contribution in [2.45, 2.75) is 18.8 Å². The van der Waals surface area contributed by atoms with Gasteiger partial charge in [0.1, 0.15) is 4.60 Å². The summed E-state index contributed by atoms with van der Waals surface area (Å²) in [6.45, 7) is 0. The van der Waals surface area contributed by atoms with Crippen molar-refractivity contribution in [2.75, 3.05) is 0 Å². The zero-order valence-corrected chi connectivity index (χ0v) is 9.75. The molecule has 2 aromatic rings.